The van der Waals surface area contributed by atoms with Crippen molar-refractivity contribution in [3.63, 3.8) is 0 Å². The van der Waals surface area contributed by atoms with Crippen molar-refractivity contribution in [3.05, 3.63) is 0 Å². The van der Waals surface area contributed by atoms with Gasteiger partial charge in [-0.15, -0.1) is 0 Å². The fraction of sp³-hybridized carbons (Fsp3) is 0.812. The maximum atomic E-state index is 13.8. The highest BCUT2D eigenvalue weighted by Gasteiger charge is 2.63. The van der Waals surface area contributed by atoms with Crippen LogP contribution in [0.15, 0.2) is 0 Å². The van der Waals surface area contributed by atoms with Gasteiger partial charge in [0.1, 0.15) is 43.2 Å². The molecule has 19 heteroatoms. The lowest BCUT2D eigenvalue weighted by atomic mass is 9.88. The van der Waals surface area contributed by atoms with E-state index >= 15 is 0 Å². The summed E-state index contributed by atoms with van der Waals surface area (Å²) in [6.45, 7) is 11.2. The van der Waals surface area contributed by atoms with E-state index < -0.39 is 134 Å². The number of rotatable bonds is 12. The Morgan fingerprint density at radius 1 is 0.765 bits per heavy atom. The predicted octanol–water partition coefficient (Wildman–Crippen LogP) is -0.0794. The Balaban J connectivity index is 1.77. The quantitative estimate of drug-likeness (QED) is 0.204. The molecule has 4 saturated heterocycles. The van der Waals surface area contributed by atoms with Gasteiger partial charge in [-0.1, -0.05) is 0 Å². The van der Waals surface area contributed by atoms with E-state index in [9.17, 15) is 28.8 Å². The second kappa shape index (κ2) is 15.6. The molecule has 51 heavy (non-hydrogen) atoms. The molecule has 4 heterocycles. The number of esters is 5. The average Bonchev–Trinajstić information content (AvgIpc) is 3.50. The van der Waals surface area contributed by atoms with Gasteiger partial charge in [0.15, 0.2) is 30.1 Å². The van der Waals surface area contributed by atoms with E-state index in [2.05, 4.69) is 5.32 Å². The Morgan fingerprint density at radius 2 is 1.37 bits per heavy atom. The van der Waals surface area contributed by atoms with Crippen molar-refractivity contribution in [2.45, 2.75) is 147 Å². The first-order valence-corrected chi connectivity index (χ1v) is 16.3. The van der Waals surface area contributed by atoms with Gasteiger partial charge in [0.25, 0.3) is 5.79 Å². The molecule has 4 aliphatic heterocycles. The second-order valence-electron chi connectivity index (χ2n) is 13.4. The van der Waals surface area contributed by atoms with Gasteiger partial charge in [-0.2, -0.15) is 0 Å². The van der Waals surface area contributed by atoms with Crippen LogP contribution in [0.4, 0.5) is 0 Å². The van der Waals surface area contributed by atoms with Gasteiger partial charge < -0.3 is 62.2 Å². The summed E-state index contributed by atoms with van der Waals surface area (Å²) in [5, 5.41) is 2.61. The van der Waals surface area contributed by atoms with Gasteiger partial charge in [0, 0.05) is 34.6 Å². The van der Waals surface area contributed by atoms with Crippen LogP contribution >= 0.6 is 0 Å². The topological polar surface area (TPSA) is 225 Å². The second-order valence-corrected chi connectivity index (χ2v) is 13.4. The average molecular weight is 734 g/mol. The zero-order valence-corrected chi connectivity index (χ0v) is 30.2. The summed E-state index contributed by atoms with van der Waals surface area (Å²) < 4.78 is 69.9. The van der Waals surface area contributed by atoms with Gasteiger partial charge in [-0.25, -0.2) is 4.79 Å². The highest BCUT2D eigenvalue weighted by atomic mass is 16.9. The van der Waals surface area contributed by atoms with Crippen molar-refractivity contribution in [1.82, 2.24) is 5.32 Å². The minimum absolute atomic E-state index is 0.438. The van der Waals surface area contributed by atoms with Crippen molar-refractivity contribution >= 4 is 35.8 Å². The summed E-state index contributed by atoms with van der Waals surface area (Å²) in [7, 11) is 1.05. The fourth-order valence-corrected chi connectivity index (χ4v) is 6.59. The summed E-state index contributed by atoms with van der Waals surface area (Å²) >= 11 is 0. The van der Waals surface area contributed by atoms with Crippen molar-refractivity contribution in [2.75, 3.05) is 20.3 Å². The third-order valence-corrected chi connectivity index (χ3v) is 8.23. The van der Waals surface area contributed by atoms with E-state index in [0.29, 0.717) is 0 Å². The third-order valence-electron chi connectivity index (χ3n) is 8.23. The minimum atomic E-state index is -2.45. The van der Waals surface area contributed by atoms with E-state index in [4.69, 9.17) is 56.8 Å². The van der Waals surface area contributed by atoms with Crippen LogP contribution < -0.4 is 5.32 Å². The molecule has 9 unspecified atom stereocenters. The minimum Gasteiger partial charge on any atom is -0.465 e. The normalized spacial score (nSPS) is 34.5. The van der Waals surface area contributed by atoms with Gasteiger partial charge in [0.05, 0.1) is 26.2 Å². The molecule has 288 valence electrons. The van der Waals surface area contributed by atoms with E-state index in [1.165, 1.54) is 0 Å². The van der Waals surface area contributed by atoms with Crippen LogP contribution in [0.1, 0.15) is 68.7 Å². The molecule has 11 atom stereocenters. The SMILES string of the molecule is COC(=O)C1(OCC2OC3OC(C)(C)OC3C3OC(C)(C)OC23)CC(OC(C)=O)C(NC(C)=O)C([C@H](OC(C)=O)[C@@H](COC(C)=O)OC(C)=O)O1. The zero-order valence-electron chi connectivity index (χ0n) is 30.2. The molecule has 4 aliphatic rings. The van der Waals surface area contributed by atoms with Crippen molar-refractivity contribution in [1.29, 1.82) is 0 Å². The Labute approximate surface area is 294 Å². The number of carbonyl (C=O) groups is 6. The Kier molecular flexibility index (Phi) is 12.4. The molecule has 0 bridgehead atoms. The molecule has 0 spiro atoms. The molecule has 4 rings (SSSR count). The number of carbonyl (C=O) groups excluding carboxylic acids is 6. The van der Waals surface area contributed by atoms with Crippen LogP contribution in [0.25, 0.3) is 0 Å². The number of amides is 1. The smallest absolute Gasteiger partial charge is 0.366 e. The molecule has 1 N–H and O–H groups in total. The Bertz CT molecular complexity index is 1350. The lowest BCUT2D eigenvalue weighted by Crippen LogP contribution is -2.69. The van der Waals surface area contributed by atoms with Crippen LogP contribution in [-0.2, 0) is 85.6 Å². The van der Waals surface area contributed by atoms with Gasteiger partial charge in [-0.05, 0) is 27.7 Å². The monoisotopic (exact) mass is 733 g/mol. The number of ether oxygens (including phenoxy) is 12. The molecule has 0 aromatic rings. The van der Waals surface area contributed by atoms with Gasteiger partial charge in [0.2, 0.25) is 5.91 Å². The van der Waals surface area contributed by atoms with Gasteiger partial charge in [-0.3, -0.25) is 24.0 Å². The zero-order chi connectivity index (χ0) is 38.1. The first-order valence-electron chi connectivity index (χ1n) is 16.3. The van der Waals surface area contributed by atoms with Crippen LogP contribution in [0.5, 0.6) is 0 Å². The van der Waals surface area contributed by atoms with Crippen LogP contribution in [-0.4, -0.2) is 135 Å². The molecule has 0 aromatic heterocycles. The summed E-state index contributed by atoms with van der Waals surface area (Å²) in [5.41, 5.74) is 0. The molecule has 1 amide bonds. The highest BCUT2D eigenvalue weighted by Crippen LogP contribution is 2.45. The largest absolute Gasteiger partial charge is 0.465 e. The summed E-state index contributed by atoms with van der Waals surface area (Å²) in [5.74, 6) is -9.66. The number of nitrogens with one attached hydrogen (secondary N) is 1. The van der Waals surface area contributed by atoms with Crippen molar-refractivity contribution in [3.8, 4) is 0 Å². The van der Waals surface area contributed by atoms with Crippen molar-refractivity contribution < 1.29 is 85.6 Å². The number of hydrogen-bond donors (Lipinski definition) is 1. The van der Waals surface area contributed by atoms with Crippen LogP contribution in [0.3, 0.4) is 0 Å². The highest BCUT2D eigenvalue weighted by molar-refractivity contribution is 5.79. The molecular formula is C32H47NO18. The molecule has 19 nitrogen and oxygen atoms in total. The Morgan fingerprint density at radius 3 is 1.94 bits per heavy atom. The maximum Gasteiger partial charge on any atom is 0.366 e. The maximum absolute atomic E-state index is 13.8. The van der Waals surface area contributed by atoms with E-state index in [-0.39, 0.29) is 0 Å². The van der Waals surface area contributed by atoms with Crippen LogP contribution in [0, 0.1) is 0 Å². The number of fused-ring (bicyclic) bond motifs is 3. The van der Waals surface area contributed by atoms with Gasteiger partial charge >= 0.3 is 29.8 Å². The van der Waals surface area contributed by atoms with E-state index in [1.54, 1.807) is 27.7 Å². The molecule has 0 aliphatic carbocycles. The summed E-state index contributed by atoms with van der Waals surface area (Å²) in [6, 6.07) is -1.36. The molecule has 0 radical (unpaired) electrons. The predicted molar refractivity (Wildman–Crippen MR) is 164 cm³/mol. The van der Waals surface area contributed by atoms with Crippen molar-refractivity contribution in [2.24, 2.45) is 0 Å². The lowest BCUT2D eigenvalue weighted by molar-refractivity contribution is -0.327. The molecular weight excluding hydrogens is 686 g/mol. The number of methoxy groups -OCH3 is 1. The van der Waals surface area contributed by atoms with Crippen LogP contribution in [0.2, 0.25) is 0 Å². The standard InChI is InChI=1S/C32H47NO18/c1-14(34)33-22-19(43-16(3)36)11-32(29(39)40-10,50-25(22)23(45-18(5)38)20(44-17(4)37)12-41-15(2)35)42-13-21-24-26(48-30(6,7)47-24)27-28(46-21)51-31(8,9)49-27/h19-28H,11-13H2,1-10H3,(H,33,34)/t19?,20-,21?,22?,23-,24?,25?,26?,27?,28?,32?/m1/s1. The third kappa shape index (κ3) is 9.70. The van der Waals surface area contributed by atoms with E-state index in [0.717, 1.165) is 41.7 Å². The first-order chi connectivity index (χ1) is 23.7. The number of hydrogen-bond acceptors (Lipinski definition) is 18. The Hall–Kier alpha value is -3.46. The fourth-order valence-electron chi connectivity index (χ4n) is 6.59. The molecule has 0 aromatic carbocycles. The molecule has 0 saturated carbocycles. The molecule has 4 fully saturated rings. The summed E-state index contributed by atoms with van der Waals surface area (Å²) in [4.78, 5) is 75.2. The van der Waals surface area contributed by atoms with E-state index in [1.807, 2.05) is 0 Å². The first kappa shape index (κ1) is 40.3. The summed E-state index contributed by atoms with van der Waals surface area (Å²) in [6.07, 6.45) is -10.9. The lowest BCUT2D eigenvalue weighted by Gasteiger charge is -2.49.